The Morgan fingerprint density at radius 1 is 0.762 bits per heavy atom. The highest BCUT2D eigenvalue weighted by atomic mass is 14.9. The van der Waals surface area contributed by atoms with Crippen molar-refractivity contribution in [2.75, 3.05) is 5.32 Å². The minimum Gasteiger partial charge on any atom is -0.355 e. The van der Waals surface area contributed by atoms with E-state index in [9.17, 15) is 0 Å². The first-order chi connectivity index (χ1) is 10.1. The lowest BCUT2D eigenvalue weighted by molar-refractivity contribution is 1.30. The molecule has 0 aliphatic heterocycles. The van der Waals surface area contributed by atoms with E-state index in [0.717, 1.165) is 16.9 Å². The summed E-state index contributed by atoms with van der Waals surface area (Å²) in [5.74, 6) is 0. The van der Waals surface area contributed by atoms with Crippen LogP contribution in [0.3, 0.4) is 0 Å². The van der Waals surface area contributed by atoms with Crippen LogP contribution >= 0.6 is 0 Å². The van der Waals surface area contributed by atoms with Gasteiger partial charge in [-0.25, -0.2) is 0 Å². The molecule has 3 rings (SSSR count). The number of aryl methyl sites for hydroxylation is 3. The van der Waals surface area contributed by atoms with Crippen LogP contribution in [0.15, 0.2) is 42.6 Å². The van der Waals surface area contributed by atoms with Crippen molar-refractivity contribution >= 4 is 22.3 Å². The minimum absolute atomic E-state index is 1.07. The first-order valence-corrected chi connectivity index (χ1v) is 7.26. The van der Waals surface area contributed by atoms with Gasteiger partial charge in [-0.15, -0.1) is 0 Å². The molecule has 0 amide bonds. The number of pyridine rings is 1. The number of aromatic nitrogens is 1. The monoisotopic (exact) mass is 276 g/mol. The van der Waals surface area contributed by atoms with Gasteiger partial charge in [0, 0.05) is 23.0 Å². The van der Waals surface area contributed by atoms with Crippen molar-refractivity contribution in [1.82, 2.24) is 4.98 Å². The maximum atomic E-state index is 4.54. The summed E-state index contributed by atoms with van der Waals surface area (Å²) in [5, 5.41) is 4.73. The second-order valence-corrected chi connectivity index (χ2v) is 5.63. The molecule has 2 aromatic carbocycles. The normalized spacial score (nSPS) is 10.9. The average molecular weight is 276 g/mol. The second kappa shape index (κ2) is 5.21. The van der Waals surface area contributed by atoms with Crippen LogP contribution in [0.1, 0.15) is 22.3 Å². The third kappa shape index (κ3) is 2.38. The van der Waals surface area contributed by atoms with E-state index < -0.39 is 0 Å². The van der Waals surface area contributed by atoms with Gasteiger partial charge in [0.2, 0.25) is 0 Å². The number of hydrogen-bond acceptors (Lipinski definition) is 2. The van der Waals surface area contributed by atoms with Crippen molar-refractivity contribution in [3.05, 3.63) is 64.8 Å². The number of anilines is 2. The number of rotatable bonds is 2. The molecule has 0 saturated carbocycles. The van der Waals surface area contributed by atoms with Crippen LogP contribution in [0.4, 0.5) is 11.4 Å². The van der Waals surface area contributed by atoms with Crippen LogP contribution in [0.2, 0.25) is 0 Å². The zero-order chi connectivity index (χ0) is 15.0. The third-order valence-electron chi connectivity index (χ3n) is 4.31. The Hall–Kier alpha value is -2.35. The van der Waals surface area contributed by atoms with Crippen LogP contribution in [-0.2, 0) is 0 Å². The van der Waals surface area contributed by atoms with Gasteiger partial charge in [-0.1, -0.05) is 24.3 Å². The number of nitrogens with one attached hydrogen (secondary N) is 1. The molecule has 0 fully saturated rings. The Balaban J connectivity index is 2.13. The maximum absolute atomic E-state index is 4.54. The van der Waals surface area contributed by atoms with Crippen molar-refractivity contribution in [2.24, 2.45) is 0 Å². The predicted octanol–water partition coefficient (Wildman–Crippen LogP) is 5.21. The van der Waals surface area contributed by atoms with Crippen LogP contribution < -0.4 is 5.32 Å². The summed E-state index contributed by atoms with van der Waals surface area (Å²) < 4.78 is 0. The van der Waals surface area contributed by atoms with Gasteiger partial charge < -0.3 is 5.32 Å². The van der Waals surface area contributed by atoms with E-state index >= 15 is 0 Å². The molecular weight excluding hydrogens is 256 g/mol. The summed E-state index contributed by atoms with van der Waals surface area (Å²) in [5.41, 5.74) is 8.44. The average Bonchev–Trinajstić information content (AvgIpc) is 2.48. The van der Waals surface area contributed by atoms with Gasteiger partial charge in [-0.3, -0.25) is 4.98 Å². The van der Waals surface area contributed by atoms with Crippen LogP contribution in [0, 0.1) is 27.7 Å². The highest BCUT2D eigenvalue weighted by Gasteiger charge is 2.07. The summed E-state index contributed by atoms with van der Waals surface area (Å²) in [6.07, 6.45) is 1.88. The van der Waals surface area contributed by atoms with Gasteiger partial charge >= 0.3 is 0 Å². The fourth-order valence-corrected chi connectivity index (χ4v) is 2.60. The molecule has 0 aliphatic carbocycles. The van der Waals surface area contributed by atoms with Gasteiger partial charge in [0.15, 0.2) is 0 Å². The quantitative estimate of drug-likeness (QED) is 0.694. The van der Waals surface area contributed by atoms with Gasteiger partial charge in [-0.05, 0) is 62.1 Å². The smallest absolute Gasteiger partial charge is 0.0754 e. The minimum atomic E-state index is 1.07. The topological polar surface area (TPSA) is 24.9 Å². The van der Waals surface area contributed by atoms with Crippen molar-refractivity contribution in [3.8, 4) is 0 Å². The Morgan fingerprint density at radius 2 is 1.52 bits per heavy atom. The van der Waals surface area contributed by atoms with E-state index in [1.807, 2.05) is 12.3 Å². The first kappa shape index (κ1) is 13.6. The fraction of sp³-hybridized carbons (Fsp3) is 0.211. The van der Waals surface area contributed by atoms with E-state index in [0.29, 0.717) is 0 Å². The second-order valence-electron chi connectivity index (χ2n) is 5.63. The first-order valence-electron chi connectivity index (χ1n) is 7.26. The van der Waals surface area contributed by atoms with E-state index in [2.05, 4.69) is 68.3 Å². The Morgan fingerprint density at radius 3 is 2.33 bits per heavy atom. The zero-order valence-electron chi connectivity index (χ0n) is 13.0. The number of nitrogens with zero attached hydrogens (tertiary/aromatic N) is 1. The molecule has 1 aromatic heterocycles. The van der Waals surface area contributed by atoms with E-state index in [-0.39, 0.29) is 0 Å². The van der Waals surface area contributed by atoms with E-state index in [1.54, 1.807) is 0 Å². The van der Waals surface area contributed by atoms with E-state index in [1.165, 1.54) is 27.6 Å². The molecular formula is C19H20N2. The summed E-state index contributed by atoms with van der Waals surface area (Å²) in [7, 11) is 0. The van der Waals surface area contributed by atoms with Crippen molar-refractivity contribution in [1.29, 1.82) is 0 Å². The molecule has 106 valence electrons. The predicted molar refractivity (Wildman–Crippen MR) is 90.4 cm³/mol. The molecule has 21 heavy (non-hydrogen) atoms. The lowest BCUT2D eigenvalue weighted by Gasteiger charge is -2.14. The van der Waals surface area contributed by atoms with Gasteiger partial charge in [0.05, 0.1) is 5.52 Å². The highest BCUT2D eigenvalue weighted by molar-refractivity contribution is 5.95. The van der Waals surface area contributed by atoms with Crippen molar-refractivity contribution < 1.29 is 0 Å². The third-order valence-corrected chi connectivity index (χ3v) is 4.31. The molecule has 0 aliphatic rings. The molecule has 0 unspecified atom stereocenters. The SMILES string of the molecule is Cc1cccc(Nc2ccnc3c(C)c(C)ccc23)c1C. The van der Waals surface area contributed by atoms with Gasteiger partial charge in [-0.2, -0.15) is 0 Å². The molecule has 0 bridgehead atoms. The Kier molecular flexibility index (Phi) is 3.38. The Labute approximate surface area is 125 Å². The summed E-state index contributed by atoms with van der Waals surface area (Å²) >= 11 is 0. The summed E-state index contributed by atoms with van der Waals surface area (Å²) in [4.78, 5) is 4.54. The zero-order valence-corrected chi connectivity index (χ0v) is 13.0. The number of fused-ring (bicyclic) bond motifs is 1. The lowest BCUT2D eigenvalue weighted by Crippen LogP contribution is -1.97. The molecule has 2 nitrogen and oxygen atoms in total. The summed E-state index contributed by atoms with van der Waals surface area (Å²) in [6, 6.07) is 12.7. The maximum Gasteiger partial charge on any atom is 0.0754 e. The molecule has 0 radical (unpaired) electrons. The molecule has 1 heterocycles. The molecule has 0 atom stereocenters. The van der Waals surface area contributed by atoms with Gasteiger partial charge in [0.25, 0.3) is 0 Å². The molecule has 0 saturated heterocycles. The number of benzene rings is 2. The standard InChI is InChI=1S/C19H20N2/c1-12-6-5-7-17(14(12)3)21-18-10-11-20-19-15(4)13(2)8-9-16(18)19/h5-11H,1-4H3,(H,20,21). The Bertz CT molecular complexity index is 819. The molecule has 1 N–H and O–H groups in total. The summed E-state index contributed by atoms with van der Waals surface area (Å²) in [6.45, 7) is 8.54. The van der Waals surface area contributed by atoms with Crippen LogP contribution in [0.5, 0.6) is 0 Å². The van der Waals surface area contributed by atoms with Crippen LogP contribution in [0.25, 0.3) is 10.9 Å². The van der Waals surface area contributed by atoms with Crippen LogP contribution in [-0.4, -0.2) is 4.98 Å². The highest BCUT2D eigenvalue weighted by Crippen LogP contribution is 2.30. The molecule has 2 heteroatoms. The molecule has 3 aromatic rings. The van der Waals surface area contributed by atoms with E-state index in [4.69, 9.17) is 0 Å². The van der Waals surface area contributed by atoms with Gasteiger partial charge in [0.1, 0.15) is 0 Å². The lowest BCUT2D eigenvalue weighted by atomic mass is 10.0. The number of hydrogen-bond donors (Lipinski definition) is 1. The van der Waals surface area contributed by atoms with Crippen molar-refractivity contribution in [3.63, 3.8) is 0 Å². The largest absolute Gasteiger partial charge is 0.355 e. The fourth-order valence-electron chi connectivity index (χ4n) is 2.60. The molecule has 0 spiro atoms. The van der Waals surface area contributed by atoms with Crippen molar-refractivity contribution in [2.45, 2.75) is 27.7 Å².